The molecule has 62 valence electrons. The molecule has 11 heavy (non-hydrogen) atoms. The zero-order valence-corrected chi connectivity index (χ0v) is 7.69. The average molecular weight is 172 g/mol. The highest BCUT2D eigenvalue weighted by molar-refractivity contribution is 5.85. The molecule has 0 saturated heterocycles. The van der Waals surface area contributed by atoms with Crippen molar-refractivity contribution >= 4 is 12.4 Å². The Labute approximate surface area is 74.2 Å². The van der Waals surface area contributed by atoms with Gasteiger partial charge >= 0.3 is 0 Å². The van der Waals surface area contributed by atoms with Crippen molar-refractivity contribution in [3.63, 3.8) is 0 Å². The van der Waals surface area contributed by atoms with E-state index in [1.807, 2.05) is 13.1 Å². The fourth-order valence-electron chi connectivity index (χ4n) is 0.908. The topological polar surface area (TPSA) is 12.0 Å². The minimum Gasteiger partial charge on any atom is -0.313 e. The van der Waals surface area contributed by atoms with E-state index in [1.165, 1.54) is 5.56 Å². The van der Waals surface area contributed by atoms with Crippen molar-refractivity contribution in [1.29, 1.82) is 0 Å². The van der Waals surface area contributed by atoms with Crippen molar-refractivity contribution in [3.05, 3.63) is 35.9 Å². The summed E-state index contributed by atoms with van der Waals surface area (Å²) in [6.07, 6.45) is 0. The average Bonchev–Trinajstić information content (AvgIpc) is 2.05. The first-order chi connectivity index (χ1) is 4.84. The van der Waals surface area contributed by atoms with E-state index in [2.05, 4.69) is 36.5 Å². The van der Waals surface area contributed by atoms with Gasteiger partial charge in [-0.05, 0) is 19.5 Å². The van der Waals surface area contributed by atoms with Gasteiger partial charge in [-0.15, -0.1) is 12.4 Å². The maximum Gasteiger partial charge on any atom is 0.0289 e. The number of rotatable bonds is 2. The van der Waals surface area contributed by atoms with Crippen LogP contribution in [0.25, 0.3) is 0 Å². The van der Waals surface area contributed by atoms with Crippen molar-refractivity contribution in [3.8, 4) is 0 Å². The highest BCUT2D eigenvalue weighted by atomic mass is 35.5. The highest BCUT2D eigenvalue weighted by Crippen LogP contribution is 2.09. The molecule has 0 heterocycles. The van der Waals surface area contributed by atoms with Crippen LogP contribution in [0.2, 0.25) is 0 Å². The molecule has 1 atom stereocenters. The summed E-state index contributed by atoms with van der Waals surface area (Å²) in [6, 6.07) is 10.9. The first kappa shape index (κ1) is 10.5. The van der Waals surface area contributed by atoms with Crippen molar-refractivity contribution in [1.82, 2.24) is 5.32 Å². The third kappa shape index (κ3) is 2.91. The summed E-state index contributed by atoms with van der Waals surface area (Å²) in [4.78, 5) is 0. The number of benzene rings is 1. The Balaban J connectivity index is 0.000001000. The Morgan fingerprint density at radius 1 is 1.18 bits per heavy atom. The number of halogens is 1. The molecule has 1 aromatic carbocycles. The fourth-order valence-corrected chi connectivity index (χ4v) is 0.908. The molecule has 0 aliphatic heterocycles. The quantitative estimate of drug-likeness (QED) is 0.721. The maximum atomic E-state index is 3.18. The molecule has 0 radical (unpaired) electrons. The number of nitrogens with one attached hydrogen (secondary N) is 1. The van der Waals surface area contributed by atoms with Gasteiger partial charge in [-0.2, -0.15) is 0 Å². The van der Waals surface area contributed by atoms with E-state index < -0.39 is 0 Å². The van der Waals surface area contributed by atoms with Crippen LogP contribution in [0.1, 0.15) is 18.5 Å². The molecule has 0 amide bonds. The highest BCUT2D eigenvalue weighted by Gasteiger charge is 1.97. The van der Waals surface area contributed by atoms with Gasteiger partial charge in [-0.1, -0.05) is 30.3 Å². The molecular formula is C9H14ClN. The van der Waals surface area contributed by atoms with Gasteiger partial charge < -0.3 is 5.32 Å². The predicted molar refractivity (Wildman–Crippen MR) is 51.2 cm³/mol. The molecule has 1 nitrogen and oxygen atoms in total. The lowest BCUT2D eigenvalue weighted by atomic mass is 10.1. The first-order valence-corrected chi connectivity index (χ1v) is 3.57. The van der Waals surface area contributed by atoms with Crippen LogP contribution in [0.5, 0.6) is 0 Å². The van der Waals surface area contributed by atoms with Crippen LogP contribution in [0.4, 0.5) is 0 Å². The van der Waals surface area contributed by atoms with Crippen molar-refractivity contribution in [2.24, 2.45) is 0 Å². The lowest BCUT2D eigenvalue weighted by Gasteiger charge is -2.08. The van der Waals surface area contributed by atoms with Crippen LogP contribution in [-0.2, 0) is 0 Å². The van der Waals surface area contributed by atoms with Gasteiger partial charge in [0.2, 0.25) is 0 Å². The molecule has 2 heteroatoms. The van der Waals surface area contributed by atoms with E-state index in [9.17, 15) is 0 Å². The fraction of sp³-hybridized carbons (Fsp3) is 0.333. The second kappa shape index (κ2) is 5.16. The van der Waals surface area contributed by atoms with Crippen LogP contribution in [0, 0.1) is 0 Å². The Hall–Kier alpha value is -0.530. The van der Waals surface area contributed by atoms with Crippen LogP contribution < -0.4 is 5.32 Å². The zero-order valence-electron chi connectivity index (χ0n) is 6.87. The van der Waals surface area contributed by atoms with Gasteiger partial charge in [0.1, 0.15) is 0 Å². The van der Waals surface area contributed by atoms with Crippen molar-refractivity contribution in [2.75, 3.05) is 7.05 Å². The largest absolute Gasteiger partial charge is 0.313 e. The summed E-state index contributed by atoms with van der Waals surface area (Å²) in [7, 11) is 1.97. The molecule has 0 saturated carbocycles. The van der Waals surface area contributed by atoms with Crippen LogP contribution in [0.15, 0.2) is 30.3 Å². The summed E-state index contributed by atoms with van der Waals surface area (Å²) >= 11 is 0. The third-order valence-corrected chi connectivity index (χ3v) is 1.73. The summed E-state index contributed by atoms with van der Waals surface area (Å²) in [5.74, 6) is 0. The van der Waals surface area contributed by atoms with Gasteiger partial charge in [-0.25, -0.2) is 0 Å². The minimum absolute atomic E-state index is 0. The maximum absolute atomic E-state index is 3.18. The van der Waals surface area contributed by atoms with Gasteiger partial charge in [0.15, 0.2) is 0 Å². The number of hydrogen-bond acceptors (Lipinski definition) is 1. The third-order valence-electron chi connectivity index (χ3n) is 1.73. The van der Waals surface area contributed by atoms with E-state index in [0.29, 0.717) is 6.04 Å². The Morgan fingerprint density at radius 3 is 2.18 bits per heavy atom. The lowest BCUT2D eigenvalue weighted by molar-refractivity contribution is 0.652. The molecule has 0 aliphatic rings. The predicted octanol–water partition coefficient (Wildman–Crippen LogP) is 2.39. The molecule has 1 rings (SSSR count). The molecular weight excluding hydrogens is 158 g/mol. The van der Waals surface area contributed by atoms with Crippen molar-refractivity contribution < 1.29 is 0 Å². The van der Waals surface area contributed by atoms with E-state index in [-0.39, 0.29) is 12.4 Å². The van der Waals surface area contributed by atoms with E-state index >= 15 is 0 Å². The second-order valence-electron chi connectivity index (χ2n) is 2.42. The lowest BCUT2D eigenvalue weighted by Crippen LogP contribution is -2.11. The molecule has 1 N–H and O–H groups in total. The Morgan fingerprint density at radius 2 is 1.73 bits per heavy atom. The second-order valence-corrected chi connectivity index (χ2v) is 2.42. The summed E-state index contributed by atoms with van der Waals surface area (Å²) in [5, 5.41) is 3.18. The first-order valence-electron chi connectivity index (χ1n) is 3.57. The van der Waals surface area contributed by atoms with Gasteiger partial charge in [0.05, 0.1) is 0 Å². The van der Waals surface area contributed by atoms with Crippen molar-refractivity contribution in [2.45, 2.75) is 13.0 Å². The summed E-state index contributed by atoms with van der Waals surface area (Å²) in [5.41, 5.74) is 1.34. The van der Waals surface area contributed by atoms with Crippen LogP contribution >= 0.6 is 12.4 Å². The monoisotopic (exact) mass is 171 g/mol. The van der Waals surface area contributed by atoms with Gasteiger partial charge in [0, 0.05) is 6.04 Å². The van der Waals surface area contributed by atoms with E-state index in [4.69, 9.17) is 0 Å². The smallest absolute Gasteiger partial charge is 0.0289 e. The Bertz CT molecular complexity index is 186. The molecule has 0 fully saturated rings. The van der Waals surface area contributed by atoms with Crippen LogP contribution in [-0.4, -0.2) is 7.05 Å². The van der Waals surface area contributed by atoms with Gasteiger partial charge in [-0.3, -0.25) is 0 Å². The summed E-state index contributed by atoms with van der Waals surface area (Å²) < 4.78 is 0. The molecule has 0 unspecified atom stereocenters. The zero-order chi connectivity index (χ0) is 7.40. The SMILES string of the molecule is CN[C@H](C)c1ccccc1.Cl. The minimum atomic E-state index is 0. The molecule has 0 aromatic heterocycles. The Kier molecular flexibility index (Phi) is 4.92. The molecule has 0 aliphatic carbocycles. The normalized spacial score (nSPS) is 11.8. The van der Waals surface area contributed by atoms with E-state index in [0.717, 1.165) is 0 Å². The number of hydrogen-bond donors (Lipinski definition) is 1. The molecule has 0 spiro atoms. The molecule has 1 aromatic rings. The van der Waals surface area contributed by atoms with Crippen LogP contribution in [0.3, 0.4) is 0 Å². The standard InChI is InChI=1S/C9H13N.ClH/c1-8(10-2)9-6-4-3-5-7-9;/h3-8,10H,1-2H3;1H/t8-;/m1./s1. The van der Waals surface area contributed by atoms with E-state index in [1.54, 1.807) is 0 Å². The molecule has 0 bridgehead atoms. The summed E-state index contributed by atoms with van der Waals surface area (Å²) in [6.45, 7) is 2.15. The van der Waals surface area contributed by atoms with Gasteiger partial charge in [0.25, 0.3) is 0 Å².